The van der Waals surface area contributed by atoms with E-state index < -0.39 is 0 Å². The van der Waals surface area contributed by atoms with Gasteiger partial charge in [-0.3, -0.25) is 9.59 Å². The molecule has 6 nitrogen and oxygen atoms in total. The molecule has 0 unspecified atom stereocenters. The van der Waals surface area contributed by atoms with Crippen LogP contribution in [0.1, 0.15) is 160 Å². The summed E-state index contributed by atoms with van der Waals surface area (Å²) < 4.78 is 0. The molecule has 2 aliphatic carbocycles. The average molecular weight is 891 g/mol. The molecule has 2 N–H and O–H groups in total. The van der Waals surface area contributed by atoms with E-state index in [-0.39, 0.29) is 33.2 Å². The third-order valence-corrected chi connectivity index (χ3v) is 14.3. The van der Waals surface area contributed by atoms with Gasteiger partial charge in [0.1, 0.15) is 0 Å². The number of rotatable bonds is 2. The zero-order valence-electron chi connectivity index (χ0n) is 41.3. The molecule has 0 amide bonds. The quantitative estimate of drug-likeness (QED) is 0.181. The third-order valence-electron chi connectivity index (χ3n) is 14.3. The molecule has 4 aromatic carbocycles. The van der Waals surface area contributed by atoms with Crippen LogP contribution in [0.5, 0.6) is 0 Å². The van der Waals surface area contributed by atoms with E-state index in [0.29, 0.717) is 33.3 Å². The van der Waals surface area contributed by atoms with Crippen molar-refractivity contribution in [1.29, 1.82) is 0 Å². The Morgan fingerprint density at radius 3 is 1.00 bits per heavy atom. The second-order valence-electron chi connectivity index (χ2n) is 23.2. The van der Waals surface area contributed by atoms with Gasteiger partial charge in [0, 0.05) is 55.5 Å². The number of hydrogen-bond acceptors (Lipinski definition) is 4. The summed E-state index contributed by atoms with van der Waals surface area (Å²) >= 11 is 0. The highest BCUT2D eigenvalue weighted by Gasteiger charge is 2.33. The van der Waals surface area contributed by atoms with Crippen LogP contribution in [0.3, 0.4) is 0 Å². The Balaban J connectivity index is 1.37. The number of hydrogen-bond donors (Lipinski definition) is 2. The zero-order chi connectivity index (χ0) is 48.0. The largest absolute Gasteiger partial charge is 0.354 e. The lowest BCUT2D eigenvalue weighted by atomic mass is 9.78. The first-order valence-electron chi connectivity index (χ1n) is 23.9. The van der Waals surface area contributed by atoms with Crippen LogP contribution in [0.15, 0.2) is 97.1 Å². The minimum absolute atomic E-state index is 0.0501. The standard InChI is InChI=1S/C62H58N4O2/c1-59(2,3)35-25-33(26-36(29-35)60(4,5)6)51-45-21-23-47(63-45)53-39-17-13-15-19-41(39)57(67)43-31-49(65-55(43)53)52(34-27-37(61(7,8)9)30-38(28-34)62(10,11)12)50-32-44-56(66-50)54(48-24-22-46(51)64-48)40-18-14-16-20-42(40)58(44)68/h13-32,65-66H,1-12H3. The highest BCUT2D eigenvalue weighted by molar-refractivity contribution is 6.26. The normalized spacial score (nSPS) is 14.1. The fraction of sp³-hybridized carbons (Fsp3) is 0.258. The number of nitrogens with zero attached hydrogens (tertiary/aromatic N) is 2. The van der Waals surface area contributed by atoms with Gasteiger partial charge >= 0.3 is 0 Å². The molecule has 0 saturated heterocycles. The summed E-state index contributed by atoms with van der Waals surface area (Å²) in [5, 5.41) is 0. The minimum Gasteiger partial charge on any atom is -0.354 e. The van der Waals surface area contributed by atoms with E-state index in [1.54, 1.807) is 0 Å². The van der Waals surface area contributed by atoms with Crippen LogP contribution < -0.4 is 0 Å². The molecule has 68 heavy (non-hydrogen) atoms. The summed E-state index contributed by atoms with van der Waals surface area (Å²) in [4.78, 5) is 48.6. The third kappa shape index (κ3) is 6.90. The van der Waals surface area contributed by atoms with Crippen molar-refractivity contribution in [2.45, 2.75) is 105 Å². The molecule has 8 bridgehead atoms. The first-order valence-corrected chi connectivity index (χ1v) is 23.9. The van der Waals surface area contributed by atoms with E-state index in [4.69, 9.17) is 9.97 Å². The van der Waals surface area contributed by atoms with Gasteiger partial charge in [-0.2, -0.15) is 0 Å². The summed E-state index contributed by atoms with van der Waals surface area (Å²) in [5.74, 6) is -0.100. The summed E-state index contributed by atoms with van der Waals surface area (Å²) in [6, 6.07) is 33.6. The molecular formula is C62H58N4O2. The highest BCUT2D eigenvalue weighted by Crippen LogP contribution is 2.47. The van der Waals surface area contributed by atoms with Crippen LogP contribution in [0.25, 0.3) is 90.9 Å². The van der Waals surface area contributed by atoms with E-state index in [9.17, 15) is 9.59 Å². The van der Waals surface area contributed by atoms with E-state index >= 15 is 0 Å². The maximum atomic E-state index is 14.9. The molecule has 7 aromatic rings. The van der Waals surface area contributed by atoms with Crippen LogP contribution in [-0.2, 0) is 21.7 Å². The Labute approximate surface area is 399 Å². The molecule has 4 aliphatic rings. The van der Waals surface area contributed by atoms with E-state index in [0.717, 1.165) is 78.3 Å². The van der Waals surface area contributed by atoms with E-state index in [2.05, 4.69) is 154 Å². The maximum Gasteiger partial charge on any atom is 0.195 e. The van der Waals surface area contributed by atoms with Crippen molar-refractivity contribution in [3.05, 3.63) is 164 Å². The first-order chi connectivity index (χ1) is 32.0. The summed E-state index contributed by atoms with van der Waals surface area (Å²) in [6.45, 7) is 27.0. The average Bonchev–Trinajstić information content (AvgIpc) is 4.11. The van der Waals surface area contributed by atoms with Crippen molar-refractivity contribution in [3.8, 4) is 44.5 Å². The minimum atomic E-state index is -0.170. The van der Waals surface area contributed by atoms with Crippen molar-refractivity contribution in [1.82, 2.24) is 19.9 Å². The smallest absolute Gasteiger partial charge is 0.195 e. The molecule has 338 valence electrons. The van der Waals surface area contributed by atoms with Gasteiger partial charge in [0.2, 0.25) is 0 Å². The molecule has 0 saturated carbocycles. The summed E-state index contributed by atoms with van der Waals surface area (Å²) in [6.07, 6.45) is 8.40. The van der Waals surface area contributed by atoms with Gasteiger partial charge in [0.25, 0.3) is 0 Å². The Kier molecular flexibility index (Phi) is 9.35. The van der Waals surface area contributed by atoms with Crippen molar-refractivity contribution >= 4 is 57.9 Å². The van der Waals surface area contributed by atoms with Gasteiger partial charge in [0.05, 0.1) is 33.8 Å². The van der Waals surface area contributed by atoms with Crippen LogP contribution in [0, 0.1) is 0 Å². The Morgan fingerprint density at radius 2 is 0.662 bits per heavy atom. The molecular weight excluding hydrogens is 833 g/mol. The molecule has 0 fully saturated rings. The fourth-order valence-electron chi connectivity index (χ4n) is 10.3. The number of carbonyl (C=O) groups excluding carboxylic acids is 2. The molecule has 0 spiro atoms. The van der Waals surface area contributed by atoms with Gasteiger partial charge in [-0.15, -0.1) is 0 Å². The van der Waals surface area contributed by atoms with Crippen LogP contribution in [0.2, 0.25) is 0 Å². The van der Waals surface area contributed by atoms with Crippen LogP contribution >= 0.6 is 0 Å². The maximum absolute atomic E-state index is 14.9. The van der Waals surface area contributed by atoms with Gasteiger partial charge < -0.3 is 9.97 Å². The lowest BCUT2D eigenvalue weighted by molar-refractivity contribution is 0.103. The number of fused-ring (bicyclic) bond motifs is 12. The molecule has 0 radical (unpaired) electrons. The lowest BCUT2D eigenvalue weighted by Gasteiger charge is -2.26. The molecule has 3 aromatic heterocycles. The fourth-order valence-corrected chi connectivity index (χ4v) is 10.3. The topological polar surface area (TPSA) is 91.5 Å². The van der Waals surface area contributed by atoms with Crippen molar-refractivity contribution in [2.75, 3.05) is 0 Å². The second kappa shape index (κ2) is 14.7. The highest BCUT2D eigenvalue weighted by atomic mass is 16.1. The number of ketones is 2. The zero-order valence-corrected chi connectivity index (χ0v) is 41.3. The van der Waals surface area contributed by atoms with Gasteiger partial charge in [-0.05, 0) is 103 Å². The lowest BCUT2D eigenvalue weighted by Crippen LogP contribution is -2.16. The number of carbonyl (C=O) groups is 2. The van der Waals surface area contributed by atoms with Crippen molar-refractivity contribution in [3.63, 3.8) is 0 Å². The van der Waals surface area contributed by atoms with Gasteiger partial charge in [0.15, 0.2) is 11.6 Å². The summed E-state index contributed by atoms with van der Waals surface area (Å²) in [7, 11) is 0. The Bertz CT molecular complexity index is 3410. The SMILES string of the molecule is CC(C)(C)c1cc(-c2c3nc(c4c5[nH]c(cc5C(=O)c5ccccc5-4)c(-c4cc(C(C)(C)C)cc(C(C)(C)C)c4)c4cc5c([nH]4)c(c4nc2C=C4)-c2ccccc2C5=O)C=C3)cc(C(C)(C)C)c1. The van der Waals surface area contributed by atoms with Crippen LogP contribution in [0.4, 0.5) is 0 Å². The molecule has 11 rings (SSSR count). The molecule has 0 atom stereocenters. The number of H-pyrrole nitrogens is 2. The van der Waals surface area contributed by atoms with Gasteiger partial charge in [-0.25, -0.2) is 9.97 Å². The van der Waals surface area contributed by atoms with E-state index in [1.165, 1.54) is 22.3 Å². The predicted octanol–water partition coefficient (Wildman–Crippen LogP) is 15.6. The number of nitrogens with one attached hydrogen (secondary N) is 2. The van der Waals surface area contributed by atoms with Crippen molar-refractivity contribution < 1.29 is 9.59 Å². The van der Waals surface area contributed by atoms with Gasteiger partial charge in [-0.1, -0.05) is 168 Å². The first kappa shape index (κ1) is 43.4. The molecule has 2 aliphatic heterocycles. The molecule has 6 heteroatoms. The number of benzene rings is 4. The van der Waals surface area contributed by atoms with Crippen molar-refractivity contribution in [2.24, 2.45) is 0 Å². The van der Waals surface area contributed by atoms with E-state index in [1.807, 2.05) is 60.7 Å². The monoisotopic (exact) mass is 890 g/mol. The number of aromatic nitrogens is 4. The Hall–Kier alpha value is -7.18. The summed E-state index contributed by atoms with van der Waals surface area (Å²) in [5.41, 5.74) is 19.8. The predicted molar refractivity (Wildman–Crippen MR) is 282 cm³/mol. The Morgan fingerprint density at radius 1 is 0.353 bits per heavy atom. The van der Waals surface area contributed by atoms with Crippen LogP contribution in [-0.4, -0.2) is 31.5 Å². The number of aromatic amines is 2. The second-order valence-corrected chi connectivity index (χ2v) is 23.2. The molecule has 5 heterocycles.